The van der Waals surface area contributed by atoms with Crippen LogP contribution in [-0.2, 0) is 11.8 Å². The van der Waals surface area contributed by atoms with E-state index in [0.29, 0.717) is 10.8 Å². The van der Waals surface area contributed by atoms with E-state index in [2.05, 4.69) is 43.6 Å². The van der Waals surface area contributed by atoms with E-state index >= 15 is 0 Å². The molecule has 1 N–H and O–H groups in total. The molecule has 1 aromatic carbocycles. The highest BCUT2D eigenvalue weighted by Crippen LogP contribution is 2.73. The topological polar surface area (TPSA) is 12.0 Å². The normalized spacial score (nSPS) is 35.4. The average molecular weight is 215 g/mol. The van der Waals surface area contributed by atoms with Crippen LogP contribution in [0, 0.1) is 5.41 Å². The molecule has 0 radical (unpaired) electrons. The van der Waals surface area contributed by atoms with Crippen molar-refractivity contribution in [1.82, 2.24) is 5.32 Å². The van der Waals surface area contributed by atoms with Gasteiger partial charge in [-0.2, -0.15) is 0 Å². The molecule has 0 atom stereocenters. The summed E-state index contributed by atoms with van der Waals surface area (Å²) in [6.45, 7) is 3.48. The molecule has 4 rings (SSSR count). The Morgan fingerprint density at radius 2 is 1.88 bits per heavy atom. The Morgan fingerprint density at radius 1 is 1.19 bits per heavy atom. The maximum Gasteiger partial charge on any atom is 0.000577 e. The van der Waals surface area contributed by atoms with E-state index in [1.807, 2.05) is 0 Å². The molecule has 0 heterocycles. The van der Waals surface area contributed by atoms with Crippen molar-refractivity contribution in [2.24, 2.45) is 5.41 Å². The monoisotopic (exact) mass is 215 g/mol. The molecule has 3 fully saturated rings. The van der Waals surface area contributed by atoms with Crippen LogP contribution in [0.15, 0.2) is 24.3 Å². The molecule has 3 aliphatic rings. The molecule has 0 amide bonds. The van der Waals surface area contributed by atoms with Gasteiger partial charge in [0.15, 0.2) is 0 Å². The summed E-state index contributed by atoms with van der Waals surface area (Å²) in [5, 5.41) is 3.35. The SMILES string of the molecule is CCc1ccccc1C12CC(CNC)(C1)C2. The number of rotatable bonds is 4. The third-order valence-electron chi connectivity index (χ3n) is 4.66. The third-order valence-corrected chi connectivity index (χ3v) is 4.66. The molecule has 0 aliphatic heterocycles. The van der Waals surface area contributed by atoms with Gasteiger partial charge >= 0.3 is 0 Å². The molecule has 0 aromatic heterocycles. The first kappa shape index (κ1) is 10.3. The van der Waals surface area contributed by atoms with Crippen LogP contribution >= 0.6 is 0 Å². The highest BCUT2D eigenvalue weighted by atomic mass is 14.9. The van der Waals surface area contributed by atoms with Crippen LogP contribution in [0.2, 0.25) is 0 Å². The quantitative estimate of drug-likeness (QED) is 0.814. The van der Waals surface area contributed by atoms with E-state index < -0.39 is 0 Å². The lowest BCUT2D eigenvalue weighted by atomic mass is 9.33. The van der Waals surface area contributed by atoms with Gasteiger partial charge in [-0.15, -0.1) is 0 Å². The molecule has 0 unspecified atom stereocenters. The smallest absolute Gasteiger partial charge is 0.000577 e. The fourth-order valence-electron chi connectivity index (χ4n) is 4.19. The zero-order valence-electron chi connectivity index (χ0n) is 10.3. The van der Waals surface area contributed by atoms with Crippen LogP contribution < -0.4 is 5.32 Å². The number of nitrogens with one attached hydrogen (secondary N) is 1. The Bertz CT molecular complexity index is 388. The van der Waals surface area contributed by atoms with Gasteiger partial charge in [-0.1, -0.05) is 31.2 Å². The summed E-state index contributed by atoms with van der Waals surface area (Å²) >= 11 is 0. The Balaban J connectivity index is 1.82. The fourth-order valence-corrected chi connectivity index (χ4v) is 4.19. The predicted molar refractivity (Wildman–Crippen MR) is 67.7 cm³/mol. The molecular formula is C15H21N. The molecule has 2 bridgehead atoms. The predicted octanol–water partition coefficient (Wildman–Crippen LogP) is 2.89. The second-order valence-corrected chi connectivity index (χ2v) is 5.85. The summed E-state index contributed by atoms with van der Waals surface area (Å²) in [5.41, 5.74) is 4.45. The summed E-state index contributed by atoms with van der Waals surface area (Å²) in [6.07, 6.45) is 5.42. The summed E-state index contributed by atoms with van der Waals surface area (Å²) in [6, 6.07) is 9.05. The molecule has 1 heteroatoms. The van der Waals surface area contributed by atoms with E-state index in [0.717, 1.165) is 0 Å². The number of hydrogen-bond donors (Lipinski definition) is 1. The maximum atomic E-state index is 3.35. The van der Waals surface area contributed by atoms with Crippen molar-refractivity contribution in [3.05, 3.63) is 35.4 Å². The zero-order valence-corrected chi connectivity index (χ0v) is 10.3. The number of benzene rings is 1. The van der Waals surface area contributed by atoms with Gasteiger partial charge in [0.2, 0.25) is 0 Å². The van der Waals surface area contributed by atoms with Crippen LogP contribution in [0.25, 0.3) is 0 Å². The van der Waals surface area contributed by atoms with Crippen molar-refractivity contribution >= 4 is 0 Å². The Labute approximate surface area is 98.3 Å². The lowest BCUT2D eigenvalue weighted by molar-refractivity contribution is -0.137. The molecular weight excluding hydrogens is 194 g/mol. The minimum Gasteiger partial charge on any atom is -0.319 e. The van der Waals surface area contributed by atoms with Crippen LogP contribution in [0.1, 0.15) is 37.3 Å². The minimum absolute atomic E-state index is 0.573. The van der Waals surface area contributed by atoms with E-state index in [1.54, 1.807) is 11.1 Å². The second kappa shape index (κ2) is 3.33. The van der Waals surface area contributed by atoms with E-state index in [4.69, 9.17) is 0 Å². The number of hydrogen-bond acceptors (Lipinski definition) is 1. The maximum absolute atomic E-state index is 3.35. The summed E-state index contributed by atoms with van der Waals surface area (Å²) in [4.78, 5) is 0. The summed E-state index contributed by atoms with van der Waals surface area (Å²) in [5.74, 6) is 0. The first-order valence-electron chi connectivity index (χ1n) is 6.47. The summed E-state index contributed by atoms with van der Waals surface area (Å²) in [7, 11) is 2.08. The van der Waals surface area contributed by atoms with Crippen molar-refractivity contribution in [2.45, 2.75) is 38.0 Å². The van der Waals surface area contributed by atoms with Crippen LogP contribution in [0.3, 0.4) is 0 Å². The van der Waals surface area contributed by atoms with Crippen molar-refractivity contribution in [3.8, 4) is 0 Å². The number of aryl methyl sites for hydroxylation is 1. The first-order valence-corrected chi connectivity index (χ1v) is 6.47. The van der Waals surface area contributed by atoms with Crippen molar-refractivity contribution in [1.29, 1.82) is 0 Å². The molecule has 1 aromatic rings. The van der Waals surface area contributed by atoms with Crippen molar-refractivity contribution in [2.75, 3.05) is 13.6 Å². The van der Waals surface area contributed by atoms with Gasteiger partial charge < -0.3 is 5.32 Å². The lowest BCUT2D eigenvalue weighted by Gasteiger charge is -2.71. The second-order valence-electron chi connectivity index (χ2n) is 5.85. The minimum atomic E-state index is 0.573. The molecule has 1 nitrogen and oxygen atoms in total. The highest BCUT2D eigenvalue weighted by molar-refractivity contribution is 5.43. The molecule has 0 saturated heterocycles. The lowest BCUT2D eigenvalue weighted by Crippen LogP contribution is -2.67. The Hall–Kier alpha value is -0.820. The molecule has 3 aliphatic carbocycles. The largest absolute Gasteiger partial charge is 0.319 e. The van der Waals surface area contributed by atoms with Gasteiger partial charge in [-0.3, -0.25) is 0 Å². The van der Waals surface area contributed by atoms with E-state index in [1.165, 1.54) is 32.2 Å². The van der Waals surface area contributed by atoms with Gasteiger partial charge in [-0.25, -0.2) is 0 Å². The zero-order chi connectivity index (χ0) is 11.2. The van der Waals surface area contributed by atoms with Crippen molar-refractivity contribution in [3.63, 3.8) is 0 Å². The van der Waals surface area contributed by atoms with E-state index in [-0.39, 0.29) is 0 Å². The first-order chi connectivity index (χ1) is 7.74. The average Bonchev–Trinajstić information content (AvgIpc) is 2.21. The van der Waals surface area contributed by atoms with Gasteiger partial charge in [0.1, 0.15) is 0 Å². The standard InChI is InChI=1S/C15H21N/c1-3-12-6-4-5-7-13(12)15-8-14(9-15,10-15)11-16-2/h4-7,16H,3,8-11H2,1-2H3. The third kappa shape index (κ3) is 1.21. The molecule has 3 saturated carbocycles. The molecule has 16 heavy (non-hydrogen) atoms. The van der Waals surface area contributed by atoms with Crippen LogP contribution in [-0.4, -0.2) is 13.6 Å². The Kier molecular flexibility index (Phi) is 2.16. The van der Waals surface area contributed by atoms with Gasteiger partial charge in [-0.05, 0) is 54.7 Å². The Morgan fingerprint density at radius 3 is 2.50 bits per heavy atom. The van der Waals surface area contributed by atoms with Gasteiger partial charge in [0.05, 0.1) is 0 Å². The van der Waals surface area contributed by atoms with Gasteiger partial charge in [0, 0.05) is 6.54 Å². The van der Waals surface area contributed by atoms with Crippen LogP contribution in [0.4, 0.5) is 0 Å². The molecule has 86 valence electrons. The van der Waals surface area contributed by atoms with E-state index in [9.17, 15) is 0 Å². The van der Waals surface area contributed by atoms with Crippen molar-refractivity contribution < 1.29 is 0 Å². The fraction of sp³-hybridized carbons (Fsp3) is 0.600. The van der Waals surface area contributed by atoms with Crippen LogP contribution in [0.5, 0.6) is 0 Å². The highest BCUT2D eigenvalue weighted by Gasteiger charge is 2.67. The van der Waals surface area contributed by atoms with Gasteiger partial charge in [0.25, 0.3) is 0 Å². The summed E-state index contributed by atoms with van der Waals surface area (Å²) < 4.78 is 0. The molecule has 0 spiro atoms.